The van der Waals surface area contributed by atoms with Crippen LogP contribution in [0.4, 0.5) is 0 Å². The van der Waals surface area contributed by atoms with E-state index < -0.39 is 0 Å². The minimum absolute atomic E-state index is 0.176. The third-order valence-corrected chi connectivity index (χ3v) is 2.98. The molecule has 0 saturated carbocycles. The van der Waals surface area contributed by atoms with Crippen molar-refractivity contribution in [3.05, 3.63) is 0 Å². The minimum atomic E-state index is -0.176. The molecule has 0 aromatic heterocycles. The van der Waals surface area contributed by atoms with Gasteiger partial charge in [-0.1, -0.05) is 6.92 Å². The number of rotatable bonds is 2. The van der Waals surface area contributed by atoms with Gasteiger partial charge in [-0.3, -0.25) is 4.90 Å². The van der Waals surface area contributed by atoms with Gasteiger partial charge in [0.25, 0.3) is 0 Å². The Labute approximate surface area is 73.0 Å². The highest BCUT2D eigenvalue weighted by molar-refractivity contribution is 7.99. The Bertz CT molecular complexity index is 117. The van der Waals surface area contributed by atoms with E-state index in [0.29, 0.717) is 0 Å². The van der Waals surface area contributed by atoms with Crippen LogP contribution < -0.4 is 0 Å². The zero-order valence-corrected chi connectivity index (χ0v) is 8.10. The smallest absolute Gasteiger partial charge is 0.0639 e. The van der Waals surface area contributed by atoms with Crippen LogP contribution in [0.25, 0.3) is 0 Å². The molecule has 1 saturated heterocycles. The molecule has 1 unspecified atom stereocenters. The summed E-state index contributed by atoms with van der Waals surface area (Å²) < 4.78 is 0. The summed E-state index contributed by atoms with van der Waals surface area (Å²) in [5, 5.41) is 9.88. The highest BCUT2D eigenvalue weighted by Gasteiger charge is 2.17. The van der Waals surface area contributed by atoms with Crippen molar-refractivity contribution < 1.29 is 5.11 Å². The van der Waals surface area contributed by atoms with Crippen molar-refractivity contribution in [3.8, 4) is 0 Å². The number of aliphatic hydroxyl groups excluding tert-OH is 1. The molecule has 1 rings (SSSR count). The van der Waals surface area contributed by atoms with Gasteiger partial charge in [-0.25, -0.2) is 0 Å². The van der Waals surface area contributed by atoms with Crippen molar-refractivity contribution in [1.29, 1.82) is 0 Å². The monoisotopic (exact) mass is 175 g/mol. The molecule has 1 aliphatic heterocycles. The molecule has 0 radical (unpaired) electrons. The van der Waals surface area contributed by atoms with E-state index in [1.807, 2.05) is 18.7 Å². The molecule has 0 spiro atoms. The van der Waals surface area contributed by atoms with Crippen molar-refractivity contribution in [3.63, 3.8) is 0 Å². The average Bonchev–Trinajstić information content (AvgIpc) is 1.85. The molecule has 0 bridgehead atoms. The average molecular weight is 175 g/mol. The molecule has 2 nitrogen and oxygen atoms in total. The van der Waals surface area contributed by atoms with Gasteiger partial charge in [0.2, 0.25) is 0 Å². The zero-order chi connectivity index (χ0) is 8.27. The number of aliphatic hydroxyl groups is 1. The Balaban J connectivity index is 2.23. The van der Waals surface area contributed by atoms with Gasteiger partial charge in [-0.15, -0.1) is 0 Å². The second-order valence-corrected chi connectivity index (χ2v) is 4.84. The third-order valence-electron chi connectivity index (χ3n) is 1.85. The summed E-state index contributed by atoms with van der Waals surface area (Å²) in [6, 6.07) is 0. The van der Waals surface area contributed by atoms with Gasteiger partial charge in [0, 0.05) is 30.6 Å². The van der Waals surface area contributed by atoms with E-state index in [1.54, 1.807) is 0 Å². The van der Waals surface area contributed by atoms with Crippen LogP contribution in [0.3, 0.4) is 0 Å². The predicted molar refractivity (Wildman–Crippen MR) is 50.0 cm³/mol. The molecular formula is C8H17NOS. The van der Waals surface area contributed by atoms with Crippen molar-refractivity contribution in [1.82, 2.24) is 4.90 Å². The summed E-state index contributed by atoms with van der Waals surface area (Å²) in [5.41, 5.74) is 0. The van der Waals surface area contributed by atoms with Crippen molar-refractivity contribution >= 4 is 11.8 Å². The SMILES string of the molecule is CC1CN(C[C@@H](C)O)CCS1. The van der Waals surface area contributed by atoms with Crippen molar-refractivity contribution in [2.75, 3.05) is 25.4 Å². The molecule has 0 amide bonds. The molecule has 0 aromatic rings. The Morgan fingerprint density at radius 2 is 2.45 bits per heavy atom. The van der Waals surface area contributed by atoms with Gasteiger partial charge >= 0.3 is 0 Å². The second-order valence-electron chi connectivity index (χ2n) is 3.29. The van der Waals surface area contributed by atoms with Crippen LogP contribution in [0.1, 0.15) is 13.8 Å². The summed E-state index contributed by atoms with van der Waals surface area (Å²) >= 11 is 2.03. The summed E-state index contributed by atoms with van der Waals surface area (Å²) in [6.07, 6.45) is -0.176. The molecule has 0 aromatic carbocycles. The van der Waals surface area contributed by atoms with E-state index in [0.717, 1.165) is 24.9 Å². The molecule has 66 valence electrons. The summed E-state index contributed by atoms with van der Waals surface area (Å²) in [4.78, 5) is 2.34. The molecule has 0 aliphatic carbocycles. The normalized spacial score (nSPS) is 30.3. The summed E-state index contributed by atoms with van der Waals surface area (Å²) in [5.74, 6) is 1.22. The van der Waals surface area contributed by atoms with Gasteiger partial charge in [0.15, 0.2) is 0 Å². The molecule has 1 aliphatic rings. The molecule has 11 heavy (non-hydrogen) atoms. The van der Waals surface area contributed by atoms with E-state index in [1.165, 1.54) is 5.75 Å². The summed E-state index contributed by atoms with van der Waals surface area (Å²) in [6.45, 7) is 7.21. The Hall–Kier alpha value is 0.270. The minimum Gasteiger partial charge on any atom is -0.392 e. The first-order valence-electron chi connectivity index (χ1n) is 4.20. The number of nitrogens with zero attached hydrogens (tertiary/aromatic N) is 1. The molecule has 1 heterocycles. The second kappa shape index (κ2) is 4.33. The van der Waals surface area contributed by atoms with E-state index in [2.05, 4.69) is 11.8 Å². The fourth-order valence-corrected chi connectivity index (χ4v) is 2.51. The maximum Gasteiger partial charge on any atom is 0.0639 e. The largest absolute Gasteiger partial charge is 0.392 e. The Morgan fingerprint density at radius 3 is 3.00 bits per heavy atom. The Morgan fingerprint density at radius 1 is 1.73 bits per heavy atom. The van der Waals surface area contributed by atoms with E-state index in [9.17, 15) is 0 Å². The first-order valence-corrected chi connectivity index (χ1v) is 5.25. The first-order chi connectivity index (χ1) is 5.18. The molecule has 1 fully saturated rings. The lowest BCUT2D eigenvalue weighted by Crippen LogP contribution is -2.40. The van der Waals surface area contributed by atoms with Crippen LogP contribution in [0.15, 0.2) is 0 Å². The number of hydrogen-bond donors (Lipinski definition) is 1. The quantitative estimate of drug-likeness (QED) is 0.671. The van der Waals surface area contributed by atoms with E-state index in [4.69, 9.17) is 5.11 Å². The van der Waals surface area contributed by atoms with Gasteiger partial charge in [-0.05, 0) is 6.92 Å². The van der Waals surface area contributed by atoms with E-state index >= 15 is 0 Å². The molecule has 2 atom stereocenters. The first kappa shape index (κ1) is 9.36. The highest BCUT2D eigenvalue weighted by Crippen LogP contribution is 2.17. The highest BCUT2D eigenvalue weighted by atomic mass is 32.2. The topological polar surface area (TPSA) is 23.5 Å². The molecule has 3 heteroatoms. The van der Waals surface area contributed by atoms with Crippen molar-refractivity contribution in [2.24, 2.45) is 0 Å². The van der Waals surface area contributed by atoms with E-state index in [-0.39, 0.29) is 6.10 Å². The summed E-state index contributed by atoms with van der Waals surface area (Å²) in [7, 11) is 0. The van der Waals surface area contributed by atoms with Crippen LogP contribution in [0.5, 0.6) is 0 Å². The maximum atomic E-state index is 9.14. The lowest BCUT2D eigenvalue weighted by molar-refractivity contribution is 0.129. The van der Waals surface area contributed by atoms with Gasteiger partial charge in [0.1, 0.15) is 0 Å². The van der Waals surface area contributed by atoms with Crippen LogP contribution in [-0.4, -0.2) is 46.7 Å². The number of thioether (sulfide) groups is 1. The van der Waals surface area contributed by atoms with Gasteiger partial charge < -0.3 is 5.11 Å². The van der Waals surface area contributed by atoms with Crippen LogP contribution in [0.2, 0.25) is 0 Å². The zero-order valence-electron chi connectivity index (χ0n) is 7.29. The standard InChI is InChI=1S/C8H17NOS/c1-7(10)5-9-3-4-11-8(2)6-9/h7-8,10H,3-6H2,1-2H3/t7-,8?/m1/s1. The van der Waals surface area contributed by atoms with Crippen LogP contribution in [0, 0.1) is 0 Å². The predicted octanol–water partition coefficient (Wildman–Crippen LogP) is 0.804. The molecule has 1 N–H and O–H groups in total. The number of β-amino-alcohol motifs (C(OH)–C–C–N with tert-alkyl or cyclic N) is 1. The van der Waals surface area contributed by atoms with Crippen molar-refractivity contribution in [2.45, 2.75) is 25.2 Å². The van der Waals surface area contributed by atoms with Crippen LogP contribution in [-0.2, 0) is 0 Å². The van der Waals surface area contributed by atoms with Crippen LogP contribution >= 0.6 is 11.8 Å². The fraction of sp³-hybridized carbons (Fsp3) is 1.00. The Kier molecular flexibility index (Phi) is 3.69. The lowest BCUT2D eigenvalue weighted by Gasteiger charge is -2.31. The van der Waals surface area contributed by atoms with Gasteiger partial charge in [-0.2, -0.15) is 11.8 Å². The number of hydrogen-bond acceptors (Lipinski definition) is 3. The third kappa shape index (κ3) is 3.45. The molecular weight excluding hydrogens is 158 g/mol. The maximum absolute atomic E-state index is 9.14. The fourth-order valence-electron chi connectivity index (χ4n) is 1.43. The lowest BCUT2D eigenvalue weighted by atomic mass is 10.3. The van der Waals surface area contributed by atoms with Gasteiger partial charge in [0.05, 0.1) is 6.10 Å².